The summed E-state index contributed by atoms with van der Waals surface area (Å²) in [5.74, 6) is 0. The maximum absolute atomic E-state index is 9.26. The number of nitrogens with one attached hydrogen (secondary N) is 1. The number of rotatable bonds is 3. The van der Waals surface area contributed by atoms with E-state index in [-0.39, 0.29) is 6.61 Å². The second-order valence-electron chi connectivity index (χ2n) is 5.16. The Morgan fingerprint density at radius 1 is 1.33 bits per heavy atom. The van der Waals surface area contributed by atoms with Crippen molar-refractivity contribution in [2.75, 3.05) is 31.1 Å². The zero-order valence-corrected chi connectivity index (χ0v) is 11.4. The molecule has 0 bridgehead atoms. The van der Waals surface area contributed by atoms with Gasteiger partial charge in [0.2, 0.25) is 0 Å². The molecular weight excluding hydrogens is 224 g/mol. The lowest BCUT2D eigenvalue weighted by Gasteiger charge is -2.34. The zero-order chi connectivity index (χ0) is 13.0. The summed E-state index contributed by atoms with van der Waals surface area (Å²) in [6.07, 6.45) is 2.00. The van der Waals surface area contributed by atoms with Crippen molar-refractivity contribution >= 4 is 5.69 Å². The van der Waals surface area contributed by atoms with Crippen molar-refractivity contribution in [2.45, 2.75) is 32.7 Å². The van der Waals surface area contributed by atoms with Gasteiger partial charge in [-0.1, -0.05) is 18.2 Å². The first kappa shape index (κ1) is 13.4. The lowest BCUT2D eigenvalue weighted by molar-refractivity contribution is 0.273. The van der Waals surface area contributed by atoms with E-state index in [2.05, 4.69) is 42.3 Å². The van der Waals surface area contributed by atoms with E-state index >= 15 is 0 Å². The molecule has 1 aromatic rings. The first-order chi connectivity index (χ1) is 8.74. The van der Waals surface area contributed by atoms with Crippen molar-refractivity contribution in [2.24, 2.45) is 0 Å². The van der Waals surface area contributed by atoms with Crippen LogP contribution in [0, 0.1) is 13.8 Å². The molecule has 0 radical (unpaired) electrons. The maximum atomic E-state index is 9.26. The number of nitrogens with zero attached hydrogens (tertiary/aromatic N) is 1. The van der Waals surface area contributed by atoms with Gasteiger partial charge in [0.15, 0.2) is 0 Å². The Balaban J connectivity index is 2.31. The Bertz CT molecular complexity index is 372. The van der Waals surface area contributed by atoms with Crippen LogP contribution in [0.2, 0.25) is 0 Å². The van der Waals surface area contributed by atoms with Gasteiger partial charge in [0.1, 0.15) is 0 Å². The first-order valence-electron chi connectivity index (χ1n) is 6.88. The summed E-state index contributed by atoms with van der Waals surface area (Å²) in [5, 5.41) is 12.7. The van der Waals surface area contributed by atoms with E-state index in [1.165, 1.54) is 16.8 Å². The molecule has 0 saturated carbocycles. The second-order valence-corrected chi connectivity index (χ2v) is 5.16. The van der Waals surface area contributed by atoms with Gasteiger partial charge in [-0.15, -0.1) is 0 Å². The molecule has 1 aromatic carbocycles. The van der Waals surface area contributed by atoms with E-state index in [4.69, 9.17) is 0 Å². The third kappa shape index (κ3) is 2.85. The minimum absolute atomic E-state index is 0.258. The molecule has 1 fully saturated rings. The number of hydrogen-bond donors (Lipinski definition) is 2. The predicted octanol–water partition coefficient (Wildman–Crippen LogP) is 1.85. The SMILES string of the molecule is Cc1cccc(C)c1N1CCCNCC1CCO. The minimum atomic E-state index is 0.258. The average Bonchev–Trinajstić information content (AvgIpc) is 2.56. The summed E-state index contributed by atoms with van der Waals surface area (Å²) in [6.45, 7) is 7.72. The molecule has 1 heterocycles. The number of aryl methyl sites for hydroxylation is 2. The quantitative estimate of drug-likeness (QED) is 0.857. The van der Waals surface area contributed by atoms with Gasteiger partial charge >= 0.3 is 0 Å². The minimum Gasteiger partial charge on any atom is -0.396 e. The number of benzene rings is 1. The molecule has 1 atom stereocenters. The van der Waals surface area contributed by atoms with Gasteiger partial charge < -0.3 is 15.3 Å². The van der Waals surface area contributed by atoms with Gasteiger partial charge in [0, 0.05) is 31.4 Å². The summed E-state index contributed by atoms with van der Waals surface area (Å²) in [4.78, 5) is 2.49. The molecule has 1 saturated heterocycles. The maximum Gasteiger partial charge on any atom is 0.0451 e. The number of para-hydroxylation sites is 1. The van der Waals surface area contributed by atoms with Crippen LogP contribution in [0.3, 0.4) is 0 Å². The van der Waals surface area contributed by atoms with Gasteiger partial charge in [-0.05, 0) is 44.4 Å². The highest BCUT2D eigenvalue weighted by molar-refractivity contribution is 5.59. The lowest BCUT2D eigenvalue weighted by atomic mass is 10.0. The molecule has 2 rings (SSSR count). The van der Waals surface area contributed by atoms with Crippen molar-refractivity contribution in [3.63, 3.8) is 0 Å². The number of hydrogen-bond acceptors (Lipinski definition) is 3. The van der Waals surface area contributed by atoms with Gasteiger partial charge in [0.25, 0.3) is 0 Å². The third-order valence-corrected chi connectivity index (χ3v) is 3.76. The Kier molecular flexibility index (Phi) is 4.61. The van der Waals surface area contributed by atoms with E-state index in [1.54, 1.807) is 0 Å². The van der Waals surface area contributed by atoms with Crippen LogP contribution in [0.4, 0.5) is 5.69 Å². The smallest absolute Gasteiger partial charge is 0.0451 e. The zero-order valence-electron chi connectivity index (χ0n) is 11.4. The predicted molar refractivity (Wildman–Crippen MR) is 76.2 cm³/mol. The Morgan fingerprint density at radius 3 is 2.72 bits per heavy atom. The molecule has 18 heavy (non-hydrogen) atoms. The van der Waals surface area contributed by atoms with Crippen molar-refractivity contribution in [3.05, 3.63) is 29.3 Å². The molecule has 0 aromatic heterocycles. The molecule has 0 amide bonds. The van der Waals surface area contributed by atoms with Crippen LogP contribution in [-0.2, 0) is 0 Å². The summed E-state index contributed by atoms with van der Waals surface area (Å²) < 4.78 is 0. The van der Waals surface area contributed by atoms with Crippen LogP contribution in [0.1, 0.15) is 24.0 Å². The molecule has 1 aliphatic heterocycles. The lowest BCUT2D eigenvalue weighted by Crippen LogP contribution is -2.41. The van der Waals surface area contributed by atoms with Gasteiger partial charge in [-0.25, -0.2) is 0 Å². The molecule has 3 nitrogen and oxygen atoms in total. The molecule has 100 valence electrons. The number of aliphatic hydroxyl groups excluding tert-OH is 1. The van der Waals surface area contributed by atoms with Crippen LogP contribution in [0.15, 0.2) is 18.2 Å². The normalized spacial score (nSPS) is 20.8. The number of anilines is 1. The highest BCUT2D eigenvalue weighted by Crippen LogP contribution is 2.28. The Hall–Kier alpha value is -1.06. The van der Waals surface area contributed by atoms with Gasteiger partial charge in [-0.2, -0.15) is 0 Å². The topological polar surface area (TPSA) is 35.5 Å². The average molecular weight is 248 g/mol. The summed E-state index contributed by atoms with van der Waals surface area (Å²) in [5.41, 5.74) is 4.03. The molecule has 1 aliphatic rings. The van der Waals surface area contributed by atoms with Gasteiger partial charge in [-0.3, -0.25) is 0 Å². The molecular formula is C15H24N2O. The fraction of sp³-hybridized carbons (Fsp3) is 0.600. The van der Waals surface area contributed by atoms with Crippen LogP contribution < -0.4 is 10.2 Å². The van der Waals surface area contributed by atoms with Crippen LogP contribution in [0.5, 0.6) is 0 Å². The fourth-order valence-corrected chi connectivity index (χ4v) is 2.90. The van der Waals surface area contributed by atoms with Crippen molar-refractivity contribution in [3.8, 4) is 0 Å². The molecule has 2 N–H and O–H groups in total. The molecule has 0 spiro atoms. The monoisotopic (exact) mass is 248 g/mol. The van der Waals surface area contributed by atoms with Crippen LogP contribution in [-0.4, -0.2) is 37.4 Å². The third-order valence-electron chi connectivity index (χ3n) is 3.76. The van der Waals surface area contributed by atoms with Crippen molar-refractivity contribution in [1.82, 2.24) is 5.32 Å². The van der Waals surface area contributed by atoms with E-state index < -0.39 is 0 Å². The molecule has 1 unspecified atom stereocenters. The van der Waals surface area contributed by atoms with E-state index in [0.29, 0.717) is 6.04 Å². The second kappa shape index (κ2) is 6.21. The van der Waals surface area contributed by atoms with Crippen molar-refractivity contribution < 1.29 is 5.11 Å². The van der Waals surface area contributed by atoms with Crippen LogP contribution in [0.25, 0.3) is 0 Å². The Morgan fingerprint density at radius 2 is 2.06 bits per heavy atom. The first-order valence-corrected chi connectivity index (χ1v) is 6.88. The highest BCUT2D eigenvalue weighted by Gasteiger charge is 2.22. The van der Waals surface area contributed by atoms with E-state index in [1.807, 2.05) is 0 Å². The summed E-state index contributed by atoms with van der Waals surface area (Å²) in [7, 11) is 0. The van der Waals surface area contributed by atoms with E-state index in [0.717, 1.165) is 32.5 Å². The van der Waals surface area contributed by atoms with E-state index in [9.17, 15) is 5.11 Å². The van der Waals surface area contributed by atoms with Crippen LogP contribution >= 0.6 is 0 Å². The fourth-order valence-electron chi connectivity index (χ4n) is 2.90. The van der Waals surface area contributed by atoms with Gasteiger partial charge in [0.05, 0.1) is 0 Å². The summed E-state index contributed by atoms with van der Waals surface area (Å²) >= 11 is 0. The number of aliphatic hydroxyl groups is 1. The summed E-state index contributed by atoms with van der Waals surface area (Å²) in [6, 6.07) is 6.87. The highest BCUT2D eigenvalue weighted by atomic mass is 16.3. The van der Waals surface area contributed by atoms with Crippen molar-refractivity contribution in [1.29, 1.82) is 0 Å². The standard InChI is InChI=1S/C15H24N2O/c1-12-5-3-6-13(2)15(12)17-9-4-8-16-11-14(17)7-10-18/h3,5-6,14,16,18H,4,7-11H2,1-2H3. The Labute approximate surface area is 110 Å². The molecule has 0 aliphatic carbocycles. The largest absolute Gasteiger partial charge is 0.396 e. The molecule has 3 heteroatoms.